The molecule has 0 radical (unpaired) electrons. The quantitative estimate of drug-likeness (QED) is 0.195. The summed E-state index contributed by atoms with van der Waals surface area (Å²) in [5, 5.41) is 9.46. The maximum Gasteiger partial charge on any atom is 0.348 e. The number of nitrogens with two attached hydrogens (primary N) is 1. The van der Waals surface area contributed by atoms with Crippen LogP contribution in [0.3, 0.4) is 0 Å². The number of hydrogen-bond donors (Lipinski definition) is 3. The fraction of sp³-hybridized carbons (Fsp3) is 0.250. The van der Waals surface area contributed by atoms with Crippen LogP contribution >= 0.6 is 0 Å². The third kappa shape index (κ3) is 5.09. The van der Waals surface area contributed by atoms with Gasteiger partial charge in [0.15, 0.2) is 0 Å². The monoisotopic (exact) mass is 434 g/mol. The highest BCUT2D eigenvalue weighted by atomic mass is 32.2. The first-order valence-electron chi connectivity index (χ1n) is 8.76. The van der Waals surface area contributed by atoms with Crippen molar-refractivity contribution in [3.63, 3.8) is 0 Å². The number of ketones is 1. The smallest absolute Gasteiger partial charge is 0.348 e. The summed E-state index contributed by atoms with van der Waals surface area (Å²) in [5.41, 5.74) is 1.92. The van der Waals surface area contributed by atoms with Gasteiger partial charge in [-0.25, -0.2) is 13.2 Å². The number of carboxylic acids is 1. The molecule has 0 bridgehead atoms. The summed E-state index contributed by atoms with van der Waals surface area (Å²) in [6.45, 7) is 4.98. The van der Waals surface area contributed by atoms with Gasteiger partial charge in [0.2, 0.25) is 21.5 Å². The number of benzene rings is 2. The van der Waals surface area contributed by atoms with Crippen molar-refractivity contribution in [3.05, 3.63) is 60.2 Å². The predicted molar refractivity (Wildman–Crippen MR) is 107 cm³/mol. The van der Waals surface area contributed by atoms with Gasteiger partial charge in [-0.1, -0.05) is 30.3 Å². The zero-order valence-corrected chi connectivity index (χ0v) is 17.4. The van der Waals surface area contributed by atoms with E-state index in [0.717, 1.165) is 12.1 Å². The molecule has 10 heteroatoms. The van der Waals surface area contributed by atoms with E-state index < -0.39 is 38.8 Å². The molecule has 0 heterocycles. The second-order valence-corrected chi connectivity index (χ2v) is 9.21. The number of carbonyl (C=O) groups is 3. The number of rotatable bonds is 7. The second kappa shape index (κ2) is 8.34. The molecule has 1 unspecified atom stereocenters. The van der Waals surface area contributed by atoms with E-state index in [1.54, 1.807) is 31.6 Å². The lowest BCUT2D eigenvalue weighted by atomic mass is 9.97. The van der Waals surface area contributed by atoms with Gasteiger partial charge in [0.1, 0.15) is 5.75 Å². The van der Waals surface area contributed by atoms with Crippen molar-refractivity contribution in [1.82, 2.24) is 4.72 Å². The standard InChI is InChI=1S/C20H22N2O7S/c1-19(2,3)18(26)29-14-9-11-15(12-10-14)30(27,28)22-20(21,17(24)25)16(23)13-7-5-4-6-8-13/h4-12,22H,21H2,1-3H3,(H,24,25). The molecule has 160 valence electrons. The molecule has 30 heavy (non-hydrogen) atoms. The third-order valence-electron chi connectivity index (χ3n) is 3.98. The van der Waals surface area contributed by atoms with E-state index in [2.05, 4.69) is 0 Å². The van der Waals surface area contributed by atoms with Crippen molar-refractivity contribution in [2.45, 2.75) is 31.3 Å². The lowest BCUT2D eigenvalue weighted by Gasteiger charge is -2.24. The first-order valence-corrected chi connectivity index (χ1v) is 10.2. The van der Waals surface area contributed by atoms with E-state index in [1.807, 2.05) is 0 Å². The van der Waals surface area contributed by atoms with Gasteiger partial charge in [-0.2, -0.15) is 4.72 Å². The Hall–Kier alpha value is -3.08. The van der Waals surface area contributed by atoms with Crippen molar-refractivity contribution in [3.8, 4) is 5.75 Å². The first-order chi connectivity index (χ1) is 13.8. The van der Waals surface area contributed by atoms with Crippen molar-refractivity contribution in [1.29, 1.82) is 0 Å². The van der Waals surface area contributed by atoms with Crippen LogP contribution in [-0.4, -0.2) is 36.9 Å². The number of carboxylic acid groups (broad SMARTS) is 1. The van der Waals surface area contributed by atoms with Gasteiger partial charge in [-0.15, -0.1) is 0 Å². The molecule has 1 atom stereocenters. The van der Waals surface area contributed by atoms with E-state index in [0.29, 0.717) is 0 Å². The van der Waals surface area contributed by atoms with Crippen molar-refractivity contribution in [2.75, 3.05) is 0 Å². The zero-order valence-electron chi connectivity index (χ0n) is 16.6. The highest BCUT2D eigenvalue weighted by Gasteiger charge is 2.46. The summed E-state index contributed by atoms with van der Waals surface area (Å²) >= 11 is 0. The fourth-order valence-corrected chi connectivity index (χ4v) is 3.44. The van der Waals surface area contributed by atoms with E-state index in [-0.39, 0.29) is 16.2 Å². The van der Waals surface area contributed by atoms with Crippen LogP contribution < -0.4 is 15.2 Å². The van der Waals surface area contributed by atoms with Gasteiger partial charge >= 0.3 is 11.9 Å². The lowest BCUT2D eigenvalue weighted by Crippen LogP contribution is -2.66. The topological polar surface area (TPSA) is 153 Å². The predicted octanol–water partition coefficient (Wildman–Crippen LogP) is 1.54. The Morgan fingerprint density at radius 1 is 0.967 bits per heavy atom. The molecule has 0 fully saturated rings. The SMILES string of the molecule is CC(C)(C)C(=O)Oc1ccc(S(=O)(=O)NC(N)(C(=O)O)C(=O)c2ccccc2)cc1. The van der Waals surface area contributed by atoms with Gasteiger partial charge in [-0.3, -0.25) is 15.3 Å². The molecule has 2 aromatic carbocycles. The van der Waals surface area contributed by atoms with Gasteiger partial charge in [-0.05, 0) is 45.0 Å². The van der Waals surface area contributed by atoms with Crippen LogP contribution in [0.5, 0.6) is 5.75 Å². The second-order valence-electron chi connectivity index (χ2n) is 7.52. The zero-order chi connectivity index (χ0) is 22.7. The average Bonchev–Trinajstić information content (AvgIpc) is 2.67. The molecule has 0 saturated heterocycles. The minimum atomic E-state index is -4.51. The molecule has 0 aliphatic carbocycles. The molecular formula is C20H22N2O7S. The normalized spacial score (nSPS) is 13.9. The third-order valence-corrected chi connectivity index (χ3v) is 5.47. The largest absolute Gasteiger partial charge is 0.478 e. The molecule has 0 aromatic heterocycles. The van der Waals surface area contributed by atoms with E-state index in [1.165, 1.54) is 36.4 Å². The molecular weight excluding hydrogens is 412 g/mol. The summed E-state index contributed by atoms with van der Waals surface area (Å²) in [4.78, 5) is 35.8. The van der Waals surface area contributed by atoms with E-state index in [9.17, 15) is 27.9 Å². The van der Waals surface area contributed by atoms with Crippen LogP contribution in [0.4, 0.5) is 0 Å². The summed E-state index contributed by atoms with van der Waals surface area (Å²) in [7, 11) is -4.51. The molecule has 0 amide bonds. The number of aliphatic carboxylic acids is 1. The summed E-state index contributed by atoms with van der Waals surface area (Å²) in [6.07, 6.45) is 0. The molecule has 2 aromatic rings. The summed E-state index contributed by atoms with van der Waals surface area (Å²) in [5.74, 6) is -3.41. The number of carbonyl (C=O) groups excluding carboxylic acids is 2. The van der Waals surface area contributed by atoms with Crippen LogP contribution in [0.1, 0.15) is 31.1 Å². The van der Waals surface area contributed by atoms with Crippen molar-refractivity contribution in [2.24, 2.45) is 11.1 Å². The Bertz CT molecular complexity index is 1060. The van der Waals surface area contributed by atoms with E-state index in [4.69, 9.17) is 10.5 Å². The minimum Gasteiger partial charge on any atom is -0.478 e. The number of hydrogen-bond acceptors (Lipinski definition) is 7. The number of sulfonamides is 1. The molecule has 0 aliphatic heterocycles. The van der Waals surface area contributed by atoms with Gasteiger partial charge in [0.25, 0.3) is 0 Å². The Balaban J connectivity index is 2.30. The lowest BCUT2D eigenvalue weighted by molar-refractivity contribution is -0.143. The Morgan fingerprint density at radius 3 is 1.97 bits per heavy atom. The van der Waals surface area contributed by atoms with Gasteiger partial charge < -0.3 is 9.84 Å². The molecule has 0 spiro atoms. The maximum absolute atomic E-state index is 12.7. The minimum absolute atomic E-state index is 0.0745. The Labute approximate surface area is 173 Å². The molecule has 4 N–H and O–H groups in total. The number of ether oxygens (including phenoxy) is 1. The number of esters is 1. The Morgan fingerprint density at radius 2 is 1.50 bits per heavy atom. The highest BCUT2D eigenvalue weighted by Crippen LogP contribution is 2.22. The highest BCUT2D eigenvalue weighted by molar-refractivity contribution is 7.89. The molecule has 0 aliphatic rings. The van der Waals surface area contributed by atoms with Crippen LogP contribution in [-0.2, 0) is 19.6 Å². The van der Waals surface area contributed by atoms with Crippen molar-refractivity contribution >= 4 is 27.7 Å². The number of Topliss-reactive ketones (excluding diaryl/α,β-unsaturated/α-hetero) is 1. The number of nitrogens with one attached hydrogen (secondary N) is 1. The Kier molecular flexibility index (Phi) is 6.45. The molecule has 2 rings (SSSR count). The molecule has 9 nitrogen and oxygen atoms in total. The molecule has 0 saturated carbocycles. The van der Waals surface area contributed by atoms with Gasteiger partial charge in [0, 0.05) is 5.56 Å². The van der Waals surface area contributed by atoms with Gasteiger partial charge in [0.05, 0.1) is 10.3 Å². The maximum atomic E-state index is 12.7. The first kappa shape index (κ1) is 23.2. The van der Waals surface area contributed by atoms with Crippen molar-refractivity contribution < 1.29 is 32.6 Å². The summed E-state index contributed by atoms with van der Waals surface area (Å²) < 4.78 is 32.2. The van der Waals surface area contributed by atoms with Crippen LogP contribution in [0.15, 0.2) is 59.5 Å². The summed E-state index contributed by atoms with van der Waals surface area (Å²) in [6, 6.07) is 11.9. The van der Waals surface area contributed by atoms with Crippen LogP contribution in [0, 0.1) is 5.41 Å². The average molecular weight is 434 g/mol. The van der Waals surface area contributed by atoms with Crippen LogP contribution in [0.2, 0.25) is 0 Å². The van der Waals surface area contributed by atoms with Crippen LogP contribution in [0.25, 0.3) is 0 Å². The fourth-order valence-electron chi connectivity index (χ4n) is 2.22. The van der Waals surface area contributed by atoms with E-state index >= 15 is 0 Å².